The van der Waals surface area contributed by atoms with Gasteiger partial charge in [0, 0.05) is 6.42 Å². The zero-order valence-electron chi connectivity index (χ0n) is 10.7. The Kier molecular flexibility index (Phi) is 3.64. The third kappa shape index (κ3) is 2.67. The summed E-state index contributed by atoms with van der Waals surface area (Å²) >= 11 is -1.38. The average Bonchev–Trinajstić information content (AvgIpc) is 2.28. The Morgan fingerprint density at radius 3 is 2.78 bits per heavy atom. The highest BCUT2D eigenvalue weighted by Crippen LogP contribution is 2.29. The van der Waals surface area contributed by atoms with Crippen LogP contribution in [0.3, 0.4) is 0 Å². The lowest BCUT2D eigenvalue weighted by atomic mass is 10.0. The molecular formula is C13H16FNO2S. The molecule has 1 aliphatic heterocycles. The van der Waals surface area contributed by atoms with Crippen molar-refractivity contribution in [3.05, 3.63) is 29.6 Å². The standard InChI is InChI=1S/C13H16FNO2S/c1-13(2,3)18(16)15-10-7-8-17-11-6-4-5-9(14)12(10)11/h4-6H,7-8H2,1-3H3. The van der Waals surface area contributed by atoms with Crippen LogP contribution in [0.2, 0.25) is 0 Å². The van der Waals surface area contributed by atoms with Crippen LogP contribution in [0.4, 0.5) is 4.39 Å². The van der Waals surface area contributed by atoms with Gasteiger partial charge in [-0.25, -0.2) is 4.39 Å². The second kappa shape index (κ2) is 4.90. The smallest absolute Gasteiger partial charge is 0.144 e. The Bertz CT molecular complexity index is 482. The van der Waals surface area contributed by atoms with Crippen molar-refractivity contribution in [2.24, 2.45) is 4.40 Å². The van der Waals surface area contributed by atoms with Crippen molar-refractivity contribution in [3.63, 3.8) is 0 Å². The Morgan fingerprint density at radius 2 is 2.11 bits per heavy atom. The van der Waals surface area contributed by atoms with Crippen molar-refractivity contribution >= 4 is 17.1 Å². The van der Waals surface area contributed by atoms with E-state index in [2.05, 4.69) is 4.40 Å². The van der Waals surface area contributed by atoms with E-state index in [-0.39, 0.29) is 5.82 Å². The topological polar surface area (TPSA) is 44.7 Å². The van der Waals surface area contributed by atoms with Gasteiger partial charge in [-0.1, -0.05) is 10.5 Å². The molecule has 1 unspecified atom stereocenters. The van der Waals surface area contributed by atoms with Gasteiger partial charge in [0.05, 0.1) is 12.2 Å². The van der Waals surface area contributed by atoms with Gasteiger partial charge < -0.3 is 9.29 Å². The number of ether oxygens (including phenoxy) is 1. The van der Waals surface area contributed by atoms with Crippen LogP contribution in [0, 0.1) is 5.82 Å². The molecule has 0 aliphatic carbocycles. The molecule has 98 valence electrons. The van der Waals surface area contributed by atoms with Crippen molar-refractivity contribution in [3.8, 4) is 5.75 Å². The van der Waals surface area contributed by atoms with Gasteiger partial charge in [0.2, 0.25) is 0 Å². The quantitative estimate of drug-likeness (QED) is 0.736. The van der Waals surface area contributed by atoms with Gasteiger partial charge in [0.15, 0.2) is 0 Å². The molecular weight excluding hydrogens is 253 g/mol. The SMILES string of the molecule is CC(C)(C)[S+]([O-])N=C1CCOc2cccc(F)c21. The third-order valence-corrected chi connectivity index (χ3v) is 4.01. The number of halogens is 1. The van der Waals surface area contributed by atoms with Crippen molar-refractivity contribution < 1.29 is 13.7 Å². The zero-order valence-corrected chi connectivity index (χ0v) is 11.5. The first kappa shape index (κ1) is 13.4. The molecule has 3 nitrogen and oxygen atoms in total. The van der Waals surface area contributed by atoms with Crippen LogP contribution in [0.25, 0.3) is 0 Å². The highest BCUT2D eigenvalue weighted by molar-refractivity contribution is 7.91. The Balaban J connectivity index is 2.42. The molecule has 0 saturated heterocycles. The minimum absolute atomic E-state index is 0.348. The number of fused-ring (bicyclic) bond motifs is 1. The van der Waals surface area contributed by atoms with E-state index in [0.29, 0.717) is 30.1 Å². The van der Waals surface area contributed by atoms with E-state index >= 15 is 0 Å². The fourth-order valence-corrected chi connectivity index (χ4v) is 2.27. The predicted molar refractivity (Wildman–Crippen MR) is 70.9 cm³/mol. The monoisotopic (exact) mass is 269 g/mol. The van der Waals surface area contributed by atoms with Crippen LogP contribution < -0.4 is 4.74 Å². The lowest BCUT2D eigenvalue weighted by Crippen LogP contribution is -2.28. The molecule has 0 radical (unpaired) electrons. The second-order valence-electron chi connectivity index (χ2n) is 5.11. The summed E-state index contributed by atoms with van der Waals surface area (Å²) in [6, 6.07) is 4.66. The number of hydrogen-bond donors (Lipinski definition) is 0. The fraction of sp³-hybridized carbons (Fsp3) is 0.462. The summed E-state index contributed by atoms with van der Waals surface area (Å²) in [7, 11) is 0. The van der Waals surface area contributed by atoms with Crippen molar-refractivity contribution in [1.29, 1.82) is 0 Å². The lowest BCUT2D eigenvalue weighted by Gasteiger charge is -2.22. The second-order valence-corrected chi connectivity index (χ2v) is 7.02. The van der Waals surface area contributed by atoms with E-state index < -0.39 is 16.1 Å². The molecule has 0 aromatic heterocycles. The van der Waals surface area contributed by atoms with Gasteiger partial charge >= 0.3 is 0 Å². The summed E-state index contributed by atoms with van der Waals surface area (Å²) in [5.41, 5.74) is 0.879. The molecule has 1 aromatic rings. The van der Waals surface area contributed by atoms with E-state index in [4.69, 9.17) is 4.74 Å². The number of rotatable bonds is 1. The summed E-state index contributed by atoms with van der Waals surface area (Å²) in [5.74, 6) is 0.0998. The first-order valence-electron chi connectivity index (χ1n) is 5.81. The predicted octanol–water partition coefficient (Wildman–Crippen LogP) is 2.86. The van der Waals surface area contributed by atoms with Crippen LogP contribution in [0.15, 0.2) is 22.6 Å². The Morgan fingerprint density at radius 1 is 1.39 bits per heavy atom. The van der Waals surface area contributed by atoms with Gasteiger partial charge in [-0.3, -0.25) is 0 Å². The maximum absolute atomic E-state index is 13.8. The summed E-state index contributed by atoms with van der Waals surface area (Å²) in [5, 5.41) is 0. The minimum Gasteiger partial charge on any atom is -0.591 e. The molecule has 1 aromatic carbocycles. The van der Waals surface area contributed by atoms with Gasteiger partial charge in [-0.05, 0) is 32.9 Å². The summed E-state index contributed by atoms with van der Waals surface area (Å²) in [6.07, 6.45) is 0.482. The molecule has 1 aliphatic rings. The fourth-order valence-electron chi connectivity index (χ4n) is 1.62. The number of benzene rings is 1. The van der Waals surface area contributed by atoms with E-state index in [1.54, 1.807) is 12.1 Å². The number of nitrogens with zero attached hydrogens (tertiary/aromatic N) is 1. The van der Waals surface area contributed by atoms with Gasteiger partial charge in [-0.2, -0.15) is 0 Å². The summed E-state index contributed by atoms with van der Waals surface area (Å²) in [6.45, 7) is 5.97. The molecule has 0 spiro atoms. The molecule has 1 heterocycles. The van der Waals surface area contributed by atoms with E-state index in [9.17, 15) is 8.94 Å². The Hall–Kier alpha value is -1.07. The maximum Gasteiger partial charge on any atom is 0.144 e. The molecule has 2 rings (SSSR count). The summed E-state index contributed by atoms with van der Waals surface area (Å²) in [4.78, 5) is 0. The molecule has 0 amide bonds. The van der Waals surface area contributed by atoms with Crippen LogP contribution in [-0.4, -0.2) is 21.6 Å². The zero-order chi connectivity index (χ0) is 13.3. The van der Waals surface area contributed by atoms with Crippen LogP contribution >= 0.6 is 0 Å². The van der Waals surface area contributed by atoms with Crippen molar-refractivity contribution in [1.82, 2.24) is 0 Å². The third-order valence-electron chi connectivity index (χ3n) is 2.58. The van der Waals surface area contributed by atoms with Gasteiger partial charge in [-0.15, -0.1) is 0 Å². The highest BCUT2D eigenvalue weighted by atomic mass is 32.2. The molecule has 5 heteroatoms. The maximum atomic E-state index is 13.8. The summed E-state index contributed by atoms with van der Waals surface area (Å²) < 4.78 is 34.9. The average molecular weight is 269 g/mol. The van der Waals surface area contributed by atoms with E-state index in [0.717, 1.165) is 0 Å². The van der Waals surface area contributed by atoms with Crippen LogP contribution in [0.5, 0.6) is 5.75 Å². The largest absolute Gasteiger partial charge is 0.591 e. The molecule has 0 fully saturated rings. The molecule has 1 atom stereocenters. The van der Waals surface area contributed by atoms with Crippen LogP contribution in [0.1, 0.15) is 32.8 Å². The van der Waals surface area contributed by atoms with E-state index in [1.165, 1.54) is 6.07 Å². The first-order chi connectivity index (χ1) is 8.39. The van der Waals surface area contributed by atoms with Gasteiger partial charge in [0.25, 0.3) is 0 Å². The van der Waals surface area contributed by atoms with Gasteiger partial charge in [0.1, 0.15) is 33.4 Å². The molecule has 18 heavy (non-hydrogen) atoms. The molecule has 0 N–H and O–H groups in total. The van der Waals surface area contributed by atoms with Crippen LogP contribution in [-0.2, 0) is 11.4 Å². The highest BCUT2D eigenvalue weighted by Gasteiger charge is 2.30. The Labute approximate surface area is 109 Å². The number of hydrogen-bond acceptors (Lipinski definition) is 3. The van der Waals surface area contributed by atoms with Crippen molar-refractivity contribution in [2.45, 2.75) is 31.9 Å². The lowest BCUT2D eigenvalue weighted by molar-refractivity contribution is 0.318. The molecule has 0 saturated carbocycles. The normalized spacial score (nSPS) is 19.3. The first-order valence-corrected chi connectivity index (χ1v) is 6.91. The minimum atomic E-state index is -1.38. The van der Waals surface area contributed by atoms with E-state index in [1.807, 2.05) is 20.8 Å². The molecule has 0 bridgehead atoms. The van der Waals surface area contributed by atoms with Crippen molar-refractivity contribution in [2.75, 3.05) is 6.61 Å².